The van der Waals surface area contributed by atoms with Crippen LogP contribution < -0.4 is 5.73 Å². The quantitative estimate of drug-likeness (QED) is 0.630. The van der Waals surface area contributed by atoms with Gasteiger partial charge in [0.1, 0.15) is 0 Å². The van der Waals surface area contributed by atoms with Crippen LogP contribution in [0.15, 0.2) is 24.3 Å². The first-order valence-corrected chi connectivity index (χ1v) is 6.68. The predicted octanol–water partition coefficient (Wildman–Crippen LogP) is 2.19. The first-order valence-electron chi connectivity index (χ1n) is 6.68. The van der Waals surface area contributed by atoms with E-state index in [-0.39, 0.29) is 23.6 Å². The molecule has 0 aliphatic heterocycles. The molecule has 5 nitrogen and oxygen atoms in total. The molecule has 0 radical (unpaired) electrons. The van der Waals surface area contributed by atoms with Crippen LogP contribution in [0.5, 0.6) is 0 Å². The number of non-ortho nitro benzene ring substituents is 1. The van der Waals surface area contributed by atoms with Crippen LogP contribution in [0, 0.1) is 15.5 Å². The molecule has 0 saturated heterocycles. The monoisotopic (exact) mass is 264 g/mol. The molecule has 1 aliphatic carbocycles. The van der Waals surface area contributed by atoms with E-state index in [9.17, 15) is 15.2 Å². The van der Waals surface area contributed by atoms with Crippen LogP contribution >= 0.6 is 0 Å². The Labute approximate surface area is 112 Å². The molecule has 1 fully saturated rings. The van der Waals surface area contributed by atoms with Gasteiger partial charge in [0.2, 0.25) is 0 Å². The molecule has 1 aromatic rings. The fourth-order valence-corrected chi connectivity index (χ4v) is 3.29. The van der Waals surface area contributed by atoms with Gasteiger partial charge in [0.05, 0.1) is 4.92 Å². The van der Waals surface area contributed by atoms with Crippen LogP contribution in [0.4, 0.5) is 5.69 Å². The first-order chi connectivity index (χ1) is 9.13. The lowest BCUT2D eigenvalue weighted by molar-refractivity contribution is -0.384. The lowest BCUT2D eigenvalue weighted by Gasteiger charge is -2.35. The number of nitro benzene ring substituents is 1. The topological polar surface area (TPSA) is 89.4 Å². The molecule has 1 aliphatic rings. The molecule has 0 aromatic heterocycles. The van der Waals surface area contributed by atoms with Crippen LogP contribution in [-0.4, -0.2) is 23.2 Å². The zero-order chi connectivity index (χ0) is 13.9. The normalized spacial score (nSPS) is 19.3. The van der Waals surface area contributed by atoms with Gasteiger partial charge in [-0.2, -0.15) is 0 Å². The summed E-state index contributed by atoms with van der Waals surface area (Å²) in [5, 5.41) is 20.6. The smallest absolute Gasteiger partial charge is 0.269 e. The zero-order valence-corrected chi connectivity index (χ0v) is 10.9. The summed E-state index contributed by atoms with van der Waals surface area (Å²) in [5.74, 6) is -0.0140. The van der Waals surface area contributed by atoms with E-state index >= 15 is 0 Å². The van der Waals surface area contributed by atoms with Crippen molar-refractivity contribution in [2.45, 2.75) is 31.6 Å². The largest absolute Gasteiger partial charge is 0.396 e. The van der Waals surface area contributed by atoms with E-state index in [1.165, 1.54) is 6.07 Å². The molecule has 1 unspecified atom stereocenters. The summed E-state index contributed by atoms with van der Waals surface area (Å²) in [6.45, 7) is 0.499. The maximum atomic E-state index is 10.9. The molecule has 1 aromatic carbocycles. The van der Waals surface area contributed by atoms with E-state index in [1.54, 1.807) is 12.1 Å². The van der Waals surface area contributed by atoms with Crippen molar-refractivity contribution >= 4 is 5.69 Å². The lowest BCUT2D eigenvalue weighted by Crippen LogP contribution is -2.34. The van der Waals surface area contributed by atoms with E-state index in [0.717, 1.165) is 31.2 Å². The highest BCUT2D eigenvalue weighted by Gasteiger charge is 2.41. The second-order valence-electron chi connectivity index (χ2n) is 5.37. The van der Waals surface area contributed by atoms with Crippen molar-refractivity contribution in [3.05, 3.63) is 39.9 Å². The minimum atomic E-state index is -0.392. The summed E-state index contributed by atoms with van der Waals surface area (Å²) in [5.41, 5.74) is 6.64. The third-order valence-corrected chi connectivity index (χ3v) is 4.37. The molecule has 0 spiro atoms. The molecule has 0 heterocycles. The standard InChI is InChI=1S/C14H20N2O3/c15-9-13(14(10-17)6-1-2-7-14)11-4-3-5-12(8-11)16(18)19/h3-5,8,13,17H,1-2,6-7,9-10,15H2. The summed E-state index contributed by atoms with van der Waals surface area (Å²) in [4.78, 5) is 10.5. The summed E-state index contributed by atoms with van der Waals surface area (Å²) in [6.07, 6.45) is 4.06. The molecule has 104 valence electrons. The van der Waals surface area contributed by atoms with Gasteiger partial charge in [-0.25, -0.2) is 0 Å². The first kappa shape index (κ1) is 14.0. The van der Waals surface area contributed by atoms with Gasteiger partial charge in [0.25, 0.3) is 5.69 Å². The SMILES string of the molecule is NCC(c1cccc([N+](=O)[O-])c1)C1(CO)CCCC1. The molecule has 1 saturated carbocycles. The highest BCUT2D eigenvalue weighted by Crippen LogP contribution is 2.48. The second-order valence-corrected chi connectivity index (χ2v) is 5.37. The Morgan fingerprint density at radius 2 is 2.11 bits per heavy atom. The van der Waals surface area contributed by atoms with Crippen molar-refractivity contribution in [3.63, 3.8) is 0 Å². The van der Waals surface area contributed by atoms with Crippen molar-refractivity contribution < 1.29 is 10.0 Å². The van der Waals surface area contributed by atoms with Gasteiger partial charge in [0, 0.05) is 30.1 Å². The molecule has 0 amide bonds. The van der Waals surface area contributed by atoms with Gasteiger partial charge in [-0.3, -0.25) is 10.1 Å². The van der Waals surface area contributed by atoms with Crippen LogP contribution in [0.25, 0.3) is 0 Å². The number of nitro groups is 1. The van der Waals surface area contributed by atoms with Crippen molar-refractivity contribution in [1.29, 1.82) is 0 Å². The Morgan fingerprint density at radius 3 is 2.63 bits per heavy atom. The average Bonchev–Trinajstić information content (AvgIpc) is 2.90. The molecule has 5 heteroatoms. The number of hydrogen-bond donors (Lipinski definition) is 2. The third-order valence-electron chi connectivity index (χ3n) is 4.37. The Bertz CT molecular complexity index is 456. The Hall–Kier alpha value is -1.46. The van der Waals surface area contributed by atoms with Crippen LogP contribution in [0.2, 0.25) is 0 Å². The van der Waals surface area contributed by atoms with Gasteiger partial charge in [-0.1, -0.05) is 25.0 Å². The van der Waals surface area contributed by atoms with Crippen molar-refractivity contribution in [2.24, 2.45) is 11.1 Å². The van der Waals surface area contributed by atoms with E-state index < -0.39 is 4.92 Å². The molecule has 1 atom stereocenters. The summed E-state index contributed by atoms with van der Waals surface area (Å²) in [7, 11) is 0. The van der Waals surface area contributed by atoms with Crippen molar-refractivity contribution in [1.82, 2.24) is 0 Å². The zero-order valence-electron chi connectivity index (χ0n) is 10.9. The highest BCUT2D eigenvalue weighted by molar-refractivity contribution is 5.37. The maximum Gasteiger partial charge on any atom is 0.269 e. The molecule has 2 rings (SSSR count). The van der Waals surface area contributed by atoms with E-state index in [4.69, 9.17) is 5.73 Å². The Kier molecular flexibility index (Phi) is 4.17. The predicted molar refractivity (Wildman–Crippen MR) is 72.9 cm³/mol. The lowest BCUT2D eigenvalue weighted by atomic mass is 9.71. The number of nitrogens with two attached hydrogens (primary N) is 1. The van der Waals surface area contributed by atoms with Gasteiger partial charge >= 0.3 is 0 Å². The number of hydrogen-bond acceptors (Lipinski definition) is 4. The molecular formula is C14H20N2O3. The van der Waals surface area contributed by atoms with E-state index in [1.807, 2.05) is 6.07 Å². The summed E-state index contributed by atoms with van der Waals surface area (Å²) < 4.78 is 0. The van der Waals surface area contributed by atoms with Crippen molar-refractivity contribution in [3.8, 4) is 0 Å². The third kappa shape index (κ3) is 2.62. The molecule has 3 N–H and O–H groups in total. The number of benzene rings is 1. The van der Waals surface area contributed by atoms with Crippen molar-refractivity contribution in [2.75, 3.05) is 13.2 Å². The minimum Gasteiger partial charge on any atom is -0.396 e. The summed E-state index contributed by atoms with van der Waals surface area (Å²) in [6, 6.07) is 6.64. The van der Waals surface area contributed by atoms with Gasteiger partial charge in [-0.15, -0.1) is 0 Å². The van der Waals surface area contributed by atoms with Gasteiger partial charge in [0.15, 0.2) is 0 Å². The fraction of sp³-hybridized carbons (Fsp3) is 0.571. The Balaban J connectivity index is 2.36. The molecular weight excluding hydrogens is 244 g/mol. The highest BCUT2D eigenvalue weighted by atomic mass is 16.6. The minimum absolute atomic E-state index is 0.0140. The maximum absolute atomic E-state index is 10.9. The van der Waals surface area contributed by atoms with E-state index in [2.05, 4.69) is 0 Å². The number of aliphatic hydroxyl groups is 1. The number of rotatable bonds is 5. The van der Waals surface area contributed by atoms with Crippen LogP contribution in [0.1, 0.15) is 37.2 Å². The average molecular weight is 264 g/mol. The van der Waals surface area contributed by atoms with E-state index in [0.29, 0.717) is 6.54 Å². The Morgan fingerprint density at radius 1 is 1.42 bits per heavy atom. The molecule has 0 bridgehead atoms. The molecule has 19 heavy (non-hydrogen) atoms. The van der Waals surface area contributed by atoms with Crippen LogP contribution in [0.3, 0.4) is 0 Å². The van der Waals surface area contributed by atoms with Crippen LogP contribution in [-0.2, 0) is 0 Å². The van der Waals surface area contributed by atoms with Gasteiger partial charge < -0.3 is 10.8 Å². The fourth-order valence-electron chi connectivity index (χ4n) is 3.29. The summed E-state index contributed by atoms with van der Waals surface area (Å²) >= 11 is 0. The second kappa shape index (κ2) is 5.67. The number of nitrogens with zero attached hydrogens (tertiary/aromatic N) is 1. The van der Waals surface area contributed by atoms with Gasteiger partial charge in [-0.05, 0) is 24.9 Å². The number of aliphatic hydroxyl groups excluding tert-OH is 1.